The van der Waals surface area contributed by atoms with Crippen LogP contribution in [0.15, 0.2) is 18.2 Å². The van der Waals surface area contributed by atoms with Crippen LogP contribution >= 0.6 is 0 Å². The predicted octanol–water partition coefficient (Wildman–Crippen LogP) is 1.47. The first kappa shape index (κ1) is 18.9. The van der Waals surface area contributed by atoms with Crippen molar-refractivity contribution in [3.8, 4) is 0 Å². The van der Waals surface area contributed by atoms with E-state index in [2.05, 4.69) is 31.7 Å². The maximum Gasteiger partial charge on any atom is 0.254 e. The van der Waals surface area contributed by atoms with Crippen molar-refractivity contribution in [2.45, 2.75) is 52.4 Å². The molecule has 1 N–H and O–H groups in total. The molecule has 0 bridgehead atoms. The summed E-state index contributed by atoms with van der Waals surface area (Å²) in [5.41, 5.74) is 3.21. The van der Waals surface area contributed by atoms with Crippen LogP contribution < -0.4 is 0 Å². The Hall–Kier alpha value is -1.92. The van der Waals surface area contributed by atoms with Gasteiger partial charge in [-0.25, -0.2) is 0 Å². The quantitative estimate of drug-likeness (QED) is 0.868. The lowest BCUT2D eigenvalue weighted by Crippen LogP contribution is -2.52. The van der Waals surface area contributed by atoms with Crippen LogP contribution in [0.3, 0.4) is 0 Å². The zero-order valence-electron chi connectivity index (χ0n) is 16.2. The summed E-state index contributed by atoms with van der Waals surface area (Å²) >= 11 is 0. The van der Waals surface area contributed by atoms with Crippen LogP contribution in [0, 0.1) is 0 Å². The molecule has 1 atom stereocenters. The van der Waals surface area contributed by atoms with Crippen LogP contribution in [0.25, 0.3) is 0 Å². The Morgan fingerprint density at radius 2 is 1.65 bits per heavy atom. The third kappa shape index (κ3) is 3.62. The number of piperazine rings is 1. The summed E-state index contributed by atoms with van der Waals surface area (Å²) < 4.78 is 0. The lowest BCUT2D eigenvalue weighted by molar-refractivity contribution is -0.140. The Balaban J connectivity index is 1.72. The normalized spacial score (nSPS) is 19.4. The molecule has 1 fully saturated rings. The largest absolute Gasteiger partial charge is 0.384 e. The number of carbonyl (C=O) groups excluding carboxylic acids is 2. The molecule has 2 aliphatic heterocycles. The van der Waals surface area contributed by atoms with E-state index in [1.165, 1.54) is 12.5 Å². The Morgan fingerprint density at radius 3 is 2.23 bits per heavy atom. The summed E-state index contributed by atoms with van der Waals surface area (Å²) in [5, 5.41) is 9.45. The smallest absolute Gasteiger partial charge is 0.254 e. The van der Waals surface area contributed by atoms with Gasteiger partial charge in [0.25, 0.3) is 11.8 Å². The summed E-state index contributed by atoms with van der Waals surface area (Å²) in [7, 11) is 0. The maximum atomic E-state index is 13.1. The minimum Gasteiger partial charge on any atom is -0.384 e. The SMILES string of the molecule is CC(O)C(=O)N1CCN(C(=O)c2cccc3c2CN(C(C)(C)C)C3)CC1. The second-order valence-corrected chi connectivity index (χ2v) is 8.26. The number of hydrogen-bond acceptors (Lipinski definition) is 4. The molecule has 26 heavy (non-hydrogen) atoms. The third-order valence-corrected chi connectivity index (χ3v) is 5.40. The molecule has 2 amide bonds. The highest BCUT2D eigenvalue weighted by Crippen LogP contribution is 2.31. The summed E-state index contributed by atoms with van der Waals surface area (Å²) in [5.74, 6) is -0.222. The number of hydrogen-bond donors (Lipinski definition) is 1. The fourth-order valence-corrected chi connectivity index (χ4v) is 3.66. The summed E-state index contributed by atoms with van der Waals surface area (Å²) in [4.78, 5) is 30.8. The van der Waals surface area contributed by atoms with E-state index in [9.17, 15) is 14.7 Å². The summed E-state index contributed by atoms with van der Waals surface area (Å²) in [6.07, 6.45) is -0.988. The zero-order valence-corrected chi connectivity index (χ0v) is 16.2. The number of aliphatic hydroxyl groups is 1. The van der Waals surface area contributed by atoms with Gasteiger partial charge in [0, 0.05) is 50.4 Å². The number of benzene rings is 1. The molecular formula is C20H29N3O3. The van der Waals surface area contributed by atoms with Gasteiger partial charge in [-0.2, -0.15) is 0 Å². The zero-order chi connectivity index (χ0) is 19.1. The lowest BCUT2D eigenvalue weighted by atomic mass is 10.0. The fourth-order valence-electron chi connectivity index (χ4n) is 3.66. The van der Waals surface area contributed by atoms with Gasteiger partial charge in [-0.05, 0) is 44.9 Å². The number of fused-ring (bicyclic) bond motifs is 1. The van der Waals surface area contributed by atoms with Crippen molar-refractivity contribution in [3.05, 3.63) is 34.9 Å². The van der Waals surface area contributed by atoms with Gasteiger partial charge in [-0.1, -0.05) is 12.1 Å². The van der Waals surface area contributed by atoms with Gasteiger partial charge >= 0.3 is 0 Å². The Bertz CT molecular complexity index is 701. The topological polar surface area (TPSA) is 64.1 Å². The van der Waals surface area contributed by atoms with E-state index in [0.717, 1.165) is 24.2 Å². The molecule has 0 radical (unpaired) electrons. The second kappa shape index (κ2) is 7.00. The van der Waals surface area contributed by atoms with Crippen molar-refractivity contribution in [2.75, 3.05) is 26.2 Å². The van der Waals surface area contributed by atoms with Crippen molar-refractivity contribution in [1.29, 1.82) is 0 Å². The minimum absolute atomic E-state index is 0.0433. The monoisotopic (exact) mass is 359 g/mol. The molecule has 0 aliphatic carbocycles. The van der Waals surface area contributed by atoms with E-state index < -0.39 is 6.10 Å². The number of amides is 2. The molecule has 0 spiro atoms. The Kier molecular flexibility index (Phi) is 5.08. The van der Waals surface area contributed by atoms with Crippen LogP contribution in [0.1, 0.15) is 49.2 Å². The van der Waals surface area contributed by atoms with Crippen molar-refractivity contribution in [1.82, 2.24) is 14.7 Å². The van der Waals surface area contributed by atoms with Crippen molar-refractivity contribution >= 4 is 11.8 Å². The summed E-state index contributed by atoms with van der Waals surface area (Å²) in [6, 6.07) is 5.99. The van der Waals surface area contributed by atoms with Gasteiger partial charge in [0.2, 0.25) is 0 Å². The Morgan fingerprint density at radius 1 is 1.04 bits per heavy atom. The highest BCUT2D eigenvalue weighted by Gasteiger charge is 2.33. The molecule has 2 aliphatic rings. The standard InChI is InChI=1S/C20H29N3O3/c1-14(24)18(25)21-8-10-22(11-9-21)19(26)16-7-5-6-15-12-23(13-17(15)16)20(2,3)4/h5-7,14,24H,8-13H2,1-4H3. The number of nitrogens with zero attached hydrogens (tertiary/aromatic N) is 3. The molecule has 1 aromatic rings. The molecule has 142 valence electrons. The van der Waals surface area contributed by atoms with Crippen molar-refractivity contribution in [3.63, 3.8) is 0 Å². The minimum atomic E-state index is -0.988. The highest BCUT2D eigenvalue weighted by atomic mass is 16.3. The van der Waals surface area contributed by atoms with Crippen LogP contribution in [0.4, 0.5) is 0 Å². The number of rotatable bonds is 2. The maximum absolute atomic E-state index is 13.1. The summed E-state index contributed by atoms with van der Waals surface area (Å²) in [6.45, 7) is 11.7. The van der Waals surface area contributed by atoms with Crippen LogP contribution in [-0.4, -0.2) is 69.4 Å². The molecule has 1 aromatic carbocycles. The molecule has 0 saturated carbocycles. The first-order valence-corrected chi connectivity index (χ1v) is 9.30. The second-order valence-electron chi connectivity index (χ2n) is 8.26. The molecule has 1 unspecified atom stereocenters. The molecular weight excluding hydrogens is 330 g/mol. The Labute approximate surface area is 155 Å². The van der Waals surface area contributed by atoms with Crippen molar-refractivity contribution < 1.29 is 14.7 Å². The highest BCUT2D eigenvalue weighted by molar-refractivity contribution is 5.96. The van der Waals surface area contributed by atoms with E-state index in [0.29, 0.717) is 26.2 Å². The van der Waals surface area contributed by atoms with E-state index in [1.54, 1.807) is 4.90 Å². The van der Waals surface area contributed by atoms with E-state index in [-0.39, 0.29) is 17.4 Å². The molecule has 6 heteroatoms. The van der Waals surface area contributed by atoms with Gasteiger partial charge < -0.3 is 14.9 Å². The van der Waals surface area contributed by atoms with E-state index >= 15 is 0 Å². The molecule has 1 saturated heterocycles. The van der Waals surface area contributed by atoms with Gasteiger partial charge in [0.15, 0.2) is 0 Å². The van der Waals surface area contributed by atoms with Crippen LogP contribution in [-0.2, 0) is 17.9 Å². The first-order chi connectivity index (χ1) is 12.2. The number of carbonyl (C=O) groups is 2. The number of aliphatic hydroxyl groups excluding tert-OH is 1. The molecule has 0 aromatic heterocycles. The molecule has 3 rings (SSSR count). The third-order valence-electron chi connectivity index (χ3n) is 5.40. The average molecular weight is 359 g/mol. The van der Waals surface area contributed by atoms with E-state index in [1.807, 2.05) is 17.0 Å². The van der Waals surface area contributed by atoms with E-state index in [4.69, 9.17) is 0 Å². The first-order valence-electron chi connectivity index (χ1n) is 9.30. The van der Waals surface area contributed by atoms with Gasteiger partial charge in [0.05, 0.1) is 0 Å². The molecule has 6 nitrogen and oxygen atoms in total. The average Bonchev–Trinajstić information content (AvgIpc) is 3.05. The van der Waals surface area contributed by atoms with Crippen LogP contribution in [0.2, 0.25) is 0 Å². The van der Waals surface area contributed by atoms with Gasteiger partial charge in [-0.3, -0.25) is 14.5 Å². The lowest BCUT2D eigenvalue weighted by Gasteiger charge is -2.35. The van der Waals surface area contributed by atoms with Crippen LogP contribution in [0.5, 0.6) is 0 Å². The van der Waals surface area contributed by atoms with Gasteiger partial charge in [0.1, 0.15) is 6.10 Å². The van der Waals surface area contributed by atoms with Crippen molar-refractivity contribution in [2.24, 2.45) is 0 Å². The predicted molar refractivity (Wildman–Crippen MR) is 99.6 cm³/mol. The fraction of sp³-hybridized carbons (Fsp3) is 0.600. The van der Waals surface area contributed by atoms with Gasteiger partial charge in [-0.15, -0.1) is 0 Å². The molecule has 2 heterocycles.